The van der Waals surface area contributed by atoms with Crippen LogP contribution in [-0.2, 0) is 39.9 Å². The minimum absolute atomic E-state index is 0.00275. The standard InChI is InChI=1S/C16H20N2O8S/c1-8(19)23-7-12-15(25-10(3)21)14(24-9(2)20)11(26-12)6-18-5-4-13(27)17-16(18)22/h4-5,11-12,14-15H,6-7H2,1-3H3,(H,17,22,27)/t11-,12+,14+,15+/m0/s1. The molecule has 0 spiro atoms. The lowest BCUT2D eigenvalue weighted by Crippen LogP contribution is -2.42. The second kappa shape index (κ2) is 8.91. The molecule has 1 aromatic rings. The lowest BCUT2D eigenvalue weighted by atomic mass is 10.1. The lowest BCUT2D eigenvalue weighted by molar-refractivity contribution is -0.165. The van der Waals surface area contributed by atoms with Crippen molar-refractivity contribution in [3.63, 3.8) is 0 Å². The second-order valence-corrected chi connectivity index (χ2v) is 6.37. The quantitative estimate of drug-likeness (QED) is 0.402. The number of esters is 3. The van der Waals surface area contributed by atoms with Crippen molar-refractivity contribution >= 4 is 30.1 Å². The minimum Gasteiger partial charge on any atom is -0.463 e. The van der Waals surface area contributed by atoms with Crippen molar-refractivity contribution in [3.05, 3.63) is 27.4 Å². The Labute approximate surface area is 159 Å². The largest absolute Gasteiger partial charge is 0.463 e. The van der Waals surface area contributed by atoms with Gasteiger partial charge in [0.2, 0.25) is 0 Å². The Morgan fingerprint density at radius 3 is 2.22 bits per heavy atom. The Hall–Kier alpha value is -2.53. The molecule has 1 saturated heterocycles. The molecular formula is C16H20N2O8S. The molecule has 0 radical (unpaired) electrons. The van der Waals surface area contributed by atoms with Gasteiger partial charge in [0.1, 0.15) is 23.5 Å². The summed E-state index contributed by atoms with van der Waals surface area (Å²) in [7, 11) is 0. The number of aromatic nitrogens is 2. The monoisotopic (exact) mass is 400 g/mol. The molecule has 2 heterocycles. The van der Waals surface area contributed by atoms with Gasteiger partial charge in [-0.2, -0.15) is 0 Å². The Bertz CT molecular complexity index is 832. The van der Waals surface area contributed by atoms with E-state index in [4.69, 9.17) is 31.2 Å². The van der Waals surface area contributed by atoms with Crippen LogP contribution >= 0.6 is 12.2 Å². The second-order valence-electron chi connectivity index (χ2n) is 5.93. The summed E-state index contributed by atoms with van der Waals surface area (Å²) in [6, 6.07) is 1.52. The van der Waals surface area contributed by atoms with Crippen LogP contribution in [0.4, 0.5) is 0 Å². The summed E-state index contributed by atoms with van der Waals surface area (Å²) >= 11 is 4.89. The summed E-state index contributed by atoms with van der Waals surface area (Å²) in [4.78, 5) is 48.6. The van der Waals surface area contributed by atoms with E-state index in [-0.39, 0.29) is 17.8 Å². The summed E-state index contributed by atoms with van der Waals surface area (Å²) in [5, 5.41) is 0. The van der Waals surface area contributed by atoms with Crippen molar-refractivity contribution in [2.24, 2.45) is 0 Å². The van der Waals surface area contributed by atoms with Crippen LogP contribution in [0.15, 0.2) is 17.1 Å². The molecule has 0 amide bonds. The van der Waals surface area contributed by atoms with Crippen LogP contribution in [-0.4, -0.2) is 58.5 Å². The summed E-state index contributed by atoms with van der Waals surface area (Å²) in [5.41, 5.74) is -0.472. The predicted molar refractivity (Wildman–Crippen MR) is 92.3 cm³/mol. The Morgan fingerprint density at radius 2 is 1.70 bits per heavy atom. The average Bonchev–Trinajstić information content (AvgIpc) is 2.84. The molecule has 1 fully saturated rings. The van der Waals surface area contributed by atoms with Crippen LogP contribution in [0.3, 0.4) is 0 Å². The summed E-state index contributed by atoms with van der Waals surface area (Å²) < 4.78 is 22.8. The van der Waals surface area contributed by atoms with Crippen LogP contribution in [0.5, 0.6) is 0 Å². The zero-order chi connectivity index (χ0) is 20.1. The van der Waals surface area contributed by atoms with Gasteiger partial charge >= 0.3 is 23.6 Å². The van der Waals surface area contributed by atoms with Gasteiger partial charge in [0.15, 0.2) is 12.2 Å². The number of carbonyl (C=O) groups is 3. The maximum atomic E-state index is 12.0. The summed E-state index contributed by atoms with van der Waals surface area (Å²) in [6.07, 6.45) is -2.18. The highest BCUT2D eigenvalue weighted by Gasteiger charge is 2.49. The van der Waals surface area contributed by atoms with Crippen LogP contribution in [0.1, 0.15) is 20.8 Å². The minimum atomic E-state index is -0.992. The maximum Gasteiger partial charge on any atom is 0.326 e. The fourth-order valence-electron chi connectivity index (χ4n) is 2.73. The summed E-state index contributed by atoms with van der Waals surface area (Å²) in [6.45, 7) is 3.42. The number of nitrogens with zero attached hydrogens (tertiary/aromatic N) is 1. The third-order valence-corrected chi connectivity index (χ3v) is 3.97. The van der Waals surface area contributed by atoms with Gasteiger partial charge in [-0.1, -0.05) is 12.2 Å². The maximum absolute atomic E-state index is 12.0. The SMILES string of the molecule is CC(=O)OC[C@H]1O[C@@H](Cn2ccc(=S)[nH]c2=O)[C@@H](OC(C)=O)[C@@H]1OC(C)=O. The van der Waals surface area contributed by atoms with Crippen molar-refractivity contribution in [1.29, 1.82) is 0 Å². The first-order chi connectivity index (χ1) is 12.7. The number of ether oxygens (including phenoxy) is 4. The number of H-pyrrole nitrogens is 1. The van der Waals surface area contributed by atoms with Gasteiger partial charge in [-0.3, -0.25) is 23.9 Å². The fraction of sp³-hybridized carbons (Fsp3) is 0.562. The molecule has 1 aliphatic heterocycles. The smallest absolute Gasteiger partial charge is 0.326 e. The molecule has 0 unspecified atom stereocenters. The van der Waals surface area contributed by atoms with E-state index in [9.17, 15) is 19.2 Å². The van der Waals surface area contributed by atoms with E-state index in [2.05, 4.69) is 4.98 Å². The molecule has 0 saturated carbocycles. The molecule has 2 rings (SSSR count). The van der Waals surface area contributed by atoms with Gasteiger partial charge in [-0.15, -0.1) is 0 Å². The Kier molecular flexibility index (Phi) is 6.86. The van der Waals surface area contributed by atoms with Crippen molar-refractivity contribution in [2.45, 2.75) is 51.7 Å². The lowest BCUT2D eigenvalue weighted by Gasteiger charge is -2.23. The van der Waals surface area contributed by atoms with Gasteiger partial charge in [0.05, 0.1) is 6.54 Å². The number of hydrogen-bond donors (Lipinski definition) is 1. The molecule has 4 atom stereocenters. The van der Waals surface area contributed by atoms with E-state index in [1.807, 2.05) is 0 Å². The molecule has 0 aromatic carbocycles. The summed E-state index contributed by atoms with van der Waals surface area (Å²) in [5.74, 6) is -1.77. The highest BCUT2D eigenvalue weighted by molar-refractivity contribution is 7.71. The number of aromatic amines is 1. The molecule has 0 bridgehead atoms. The van der Waals surface area contributed by atoms with Crippen molar-refractivity contribution in [2.75, 3.05) is 6.61 Å². The van der Waals surface area contributed by atoms with E-state index in [0.29, 0.717) is 0 Å². The van der Waals surface area contributed by atoms with Gasteiger partial charge in [0, 0.05) is 27.0 Å². The van der Waals surface area contributed by atoms with Crippen molar-refractivity contribution in [3.8, 4) is 0 Å². The first-order valence-corrected chi connectivity index (χ1v) is 8.51. The third kappa shape index (κ3) is 5.73. The van der Waals surface area contributed by atoms with Crippen molar-refractivity contribution in [1.82, 2.24) is 9.55 Å². The molecule has 11 heteroatoms. The zero-order valence-electron chi connectivity index (χ0n) is 15.0. The van der Waals surface area contributed by atoms with Gasteiger partial charge in [-0.25, -0.2) is 4.79 Å². The van der Waals surface area contributed by atoms with E-state index in [1.165, 1.54) is 37.6 Å². The molecule has 0 aliphatic carbocycles. The number of rotatable bonds is 6. The predicted octanol–water partition coefficient (Wildman–Crippen LogP) is 0.0998. The number of hydrogen-bond acceptors (Lipinski definition) is 9. The first kappa shape index (κ1) is 20.8. The Morgan fingerprint density at radius 1 is 1.11 bits per heavy atom. The molecular weight excluding hydrogens is 380 g/mol. The molecule has 10 nitrogen and oxygen atoms in total. The third-order valence-electron chi connectivity index (χ3n) is 3.73. The normalized spacial score (nSPS) is 24.3. The molecule has 1 aliphatic rings. The van der Waals surface area contributed by atoms with E-state index < -0.39 is 48.0 Å². The molecule has 27 heavy (non-hydrogen) atoms. The van der Waals surface area contributed by atoms with Crippen LogP contribution in [0.25, 0.3) is 0 Å². The van der Waals surface area contributed by atoms with Crippen molar-refractivity contribution < 1.29 is 33.3 Å². The number of nitrogens with one attached hydrogen (secondary N) is 1. The first-order valence-electron chi connectivity index (χ1n) is 8.10. The highest BCUT2D eigenvalue weighted by atomic mass is 32.1. The molecule has 148 valence electrons. The van der Waals surface area contributed by atoms with Crippen LogP contribution in [0, 0.1) is 4.64 Å². The topological polar surface area (TPSA) is 126 Å². The zero-order valence-corrected chi connectivity index (χ0v) is 15.8. The average molecular weight is 400 g/mol. The Balaban J connectivity index is 2.29. The number of carbonyl (C=O) groups excluding carboxylic acids is 3. The highest BCUT2D eigenvalue weighted by Crippen LogP contribution is 2.28. The fourth-order valence-corrected chi connectivity index (χ4v) is 2.88. The van der Waals surface area contributed by atoms with E-state index >= 15 is 0 Å². The van der Waals surface area contributed by atoms with E-state index in [0.717, 1.165) is 0 Å². The van der Waals surface area contributed by atoms with Crippen LogP contribution in [0.2, 0.25) is 0 Å². The van der Waals surface area contributed by atoms with Gasteiger partial charge in [-0.05, 0) is 6.07 Å². The van der Waals surface area contributed by atoms with Crippen LogP contribution < -0.4 is 5.69 Å². The van der Waals surface area contributed by atoms with Gasteiger partial charge in [0.25, 0.3) is 0 Å². The van der Waals surface area contributed by atoms with Gasteiger partial charge < -0.3 is 18.9 Å². The molecule has 1 aromatic heterocycles. The molecule has 1 N–H and O–H groups in total. The van der Waals surface area contributed by atoms with E-state index in [1.54, 1.807) is 0 Å².